The molecule has 1 aromatic rings. The van der Waals surface area contributed by atoms with Gasteiger partial charge in [-0.05, 0) is 12.8 Å². The van der Waals surface area contributed by atoms with Crippen molar-refractivity contribution in [3.05, 3.63) is 16.1 Å². The van der Waals surface area contributed by atoms with Gasteiger partial charge in [-0.15, -0.1) is 22.9 Å². The topological polar surface area (TPSA) is 31.4 Å². The van der Waals surface area contributed by atoms with Crippen LogP contribution < -0.4 is 0 Å². The third-order valence-corrected chi connectivity index (χ3v) is 5.22. The molecular weight excluding hydrogens is 258 g/mol. The minimum absolute atomic E-state index is 0.261. The predicted molar refractivity (Wildman–Crippen MR) is 67.5 cm³/mol. The maximum Gasteiger partial charge on any atom is 0.168 e. The second kappa shape index (κ2) is 4.84. The van der Waals surface area contributed by atoms with E-state index in [2.05, 4.69) is 4.98 Å². The second-order valence-corrected chi connectivity index (χ2v) is 6.09. The van der Waals surface area contributed by atoms with Crippen molar-refractivity contribution < 1.29 is 9.47 Å². The molecule has 2 fully saturated rings. The molecule has 1 aliphatic carbocycles. The van der Waals surface area contributed by atoms with Crippen molar-refractivity contribution in [1.29, 1.82) is 0 Å². The van der Waals surface area contributed by atoms with Gasteiger partial charge in [-0.25, -0.2) is 4.98 Å². The van der Waals surface area contributed by atoms with Crippen molar-refractivity contribution in [2.24, 2.45) is 0 Å². The van der Waals surface area contributed by atoms with E-state index in [0.29, 0.717) is 11.8 Å². The number of rotatable bonds is 2. The first-order valence-corrected chi connectivity index (χ1v) is 7.45. The maximum atomic E-state index is 5.81. The molecule has 94 valence electrons. The maximum absolute atomic E-state index is 5.81. The third kappa shape index (κ3) is 2.36. The molecule has 0 N–H and O–H groups in total. The lowest BCUT2D eigenvalue weighted by Crippen LogP contribution is -2.34. The first-order chi connectivity index (χ1) is 8.31. The van der Waals surface area contributed by atoms with Crippen LogP contribution in [0.2, 0.25) is 0 Å². The third-order valence-electron chi connectivity index (χ3n) is 3.61. The van der Waals surface area contributed by atoms with E-state index in [4.69, 9.17) is 21.1 Å². The molecule has 1 saturated heterocycles. The number of ether oxygens (including phenoxy) is 2. The molecular formula is C12H16ClNO2S. The van der Waals surface area contributed by atoms with Gasteiger partial charge in [0, 0.05) is 29.8 Å². The summed E-state index contributed by atoms with van der Waals surface area (Å²) in [6.45, 7) is 1.50. The summed E-state index contributed by atoms with van der Waals surface area (Å²) in [5.74, 6) is 0.874. The van der Waals surface area contributed by atoms with Gasteiger partial charge in [0.1, 0.15) is 0 Å². The summed E-state index contributed by atoms with van der Waals surface area (Å²) in [5.41, 5.74) is 0. The average Bonchev–Trinajstić information content (AvgIpc) is 3.00. The van der Waals surface area contributed by atoms with E-state index in [0.717, 1.165) is 43.8 Å². The van der Waals surface area contributed by atoms with Crippen LogP contribution in [0.15, 0.2) is 6.20 Å². The van der Waals surface area contributed by atoms with Crippen LogP contribution >= 0.6 is 22.9 Å². The molecule has 0 bridgehead atoms. The van der Waals surface area contributed by atoms with Crippen molar-refractivity contribution in [2.45, 2.75) is 43.3 Å². The van der Waals surface area contributed by atoms with Crippen LogP contribution in [0.5, 0.6) is 0 Å². The van der Waals surface area contributed by atoms with E-state index >= 15 is 0 Å². The van der Waals surface area contributed by atoms with E-state index in [-0.39, 0.29) is 5.79 Å². The molecule has 3 nitrogen and oxygen atoms in total. The zero-order valence-corrected chi connectivity index (χ0v) is 11.2. The normalized spacial score (nSPS) is 24.5. The van der Waals surface area contributed by atoms with Gasteiger partial charge in [-0.2, -0.15) is 0 Å². The minimum Gasteiger partial charge on any atom is -0.348 e. The van der Waals surface area contributed by atoms with Crippen LogP contribution in [-0.4, -0.2) is 24.0 Å². The summed E-state index contributed by atoms with van der Waals surface area (Å²) < 4.78 is 11.5. The summed E-state index contributed by atoms with van der Waals surface area (Å²) in [4.78, 5) is 5.64. The summed E-state index contributed by atoms with van der Waals surface area (Å²) in [5, 5.41) is 1.23. The number of halogens is 1. The van der Waals surface area contributed by atoms with Crippen molar-refractivity contribution in [1.82, 2.24) is 4.98 Å². The molecule has 17 heavy (non-hydrogen) atoms. The van der Waals surface area contributed by atoms with Crippen LogP contribution in [0.1, 0.15) is 41.5 Å². The summed E-state index contributed by atoms with van der Waals surface area (Å²) in [6, 6.07) is 0. The molecule has 0 radical (unpaired) electrons. The highest BCUT2D eigenvalue weighted by atomic mass is 35.5. The molecule has 0 aromatic carbocycles. The Hall–Kier alpha value is -0.160. The molecule has 0 amide bonds. The summed E-state index contributed by atoms with van der Waals surface area (Å²) in [7, 11) is 0. The van der Waals surface area contributed by atoms with Gasteiger partial charge in [-0.3, -0.25) is 0 Å². The zero-order valence-electron chi connectivity index (χ0n) is 9.65. The Morgan fingerprint density at radius 2 is 2.06 bits per heavy atom. The Kier molecular flexibility index (Phi) is 3.39. The fourth-order valence-corrected chi connectivity index (χ4v) is 3.83. The molecule has 0 atom stereocenters. The first-order valence-electron chi connectivity index (χ1n) is 6.10. The van der Waals surface area contributed by atoms with Crippen molar-refractivity contribution in [3.8, 4) is 0 Å². The van der Waals surface area contributed by atoms with E-state index in [9.17, 15) is 0 Å². The van der Waals surface area contributed by atoms with Gasteiger partial charge < -0.3 is 9.47 Å². The van der Waals surface area contributed by atoms with Crippen LogP contribution in [0.25, 0.3) is 0 Å². The fraction of sp³-hybridized carbons (Fsp3) is 0.750. The van der Waals surface area contributed by atoms with Gasteiger partial charge in [0.15, 0.2) is 5.79 Å². The molecule has 1 aliphatic heterocycles. The number of hydrogen-bond donors (Lipinski definition) is 0. The van der Waals surface area contributed by atoms with Crippen LogP contribution in [0.3, 0.4) is 0 Å². The largest absolute Gasteiger partial charge is 0.348 e. The van der Waals surface area contributed by atoms with Crippen LogP contribution in [0.4, 0.5) is 0 Å². The monoisotopic (exact) mass is 273 g/mol. The molecule has 3 rings (SSSR count). The number of hydrogen-bond acceptors (Lipinski definition) is 4. The summed E-state index contributed by atoms with van der Waals surface area (Å²) >= 11 is 7.55. The van der Waals surface area contributed by atoms with Gasteiger partial charge in [0.2, 0.25) is 0 Å². The Morgan fingerprint density at radius 1 is 1.35 bits per heavy atom. The molecule has 0 unspecified atom stereocenters. The molecule has 2 heterocycles. The van der Waals surface area contributed by atoms with Crippen molar-refractivity contribution in [2.75, 3.05) is 13.2 Å². The standard InChI is InChI=1S/C12H16ClNO2S/c13-7-10-8-14-11(17-10)9-1-3-12(4-2-9)15-5-6-16-12/h8-9H,1-7H2. The number of alkyl halides is 1. The highest BCUT2D eigenvalue weighted by molar-refractivity contribution is 7.11. The molecule has 2 aliphatic rings. The van der Waals surface area contributed by atoms with Gasteiger partial charge >= 0.3 is 0 Å². The van der Waals surface area contributed by atoms with Crippen molar-refractivity contribution in [3.63, 3.8) is 0 Å². The Labute approximate surface area is 110 Å². The Morgan fingerprint density at radius 3 is 2.65 bits per heavy atom. The smallest absolute Gasteiger partial charge is 0.168 e. The quantitative estimate of drug-likeness (QED) is 0.775. The number of aromatic nitrogens is 1. The molecule has 1 saturated carbocycles. The summed E-state index contributed by atoms with van der Waals surface area (Å²) in [6.07, 6.45) is 6.10. The Balaban J connectivity index is 1.64. The van der Waals surface area contributed by atoms with E-state index in [1.807, 2.05) is 6.20 Å². The highest BCUT2D eigenvalue weighted by Crippen LogP contribution is 2.43. The Bertz CT molecular complexity index is 380. The molecule has 5 heteroatoms. The van der Waals surface area contributed by atoms with Crippen LogP contribution in [0, 0.1) is 0 Å². The fourth-order valence-electron chi connectivity index (χ4n) is 2.66. The van der Waals surface area contributed by atoms with Crippen molar-refractivity contribution >= 4 is 22.9 Å². The first kappa shape index (κ1) is 11.9. The van der Waals surface area contributed by atoms with Gasteiger partial charge in [-0.1, -0.05) is 0 Å². The zero-order chi connectivity index (χ0) is 11.7. The van der Waals surface area contributed by atoms with E-state index in [1.54, 1.807) is 11.3 Å². The van der Waals surface area contributed by atoms with Gasteiger partial charge in [0.25, 0.3) is 0 Å². The highest BCUT2D eigenvalue weighted by Gasteiger charge is 2.41. The molecule has 1 spiro atoms. The SMILES string of the molecule is ClCc1cnc(C2CCC3(CC2)OCCO3)s1. The number of nitrogens with zero attached hydrogens (tertiary/aromatic N) is 1. The lowest BCUT2D eigenvalue weighted by atomic mass is 9.85. The predicted octanol–water partition coefficient (Wildman–Crippen LogP) is 3.28. The number of thiazole rings is 1. The van der Waals surface area contributed by atoms with E-state index < -0.39 is 0 Å². The average molecular weight is 274 g/mol. The second-order valence-electron chi connectivity index (χ2n) is 4.68. The molecule has 1 aromatic heterocycles. The lowest BCUT2D eigenvalue weighted by Gasteiger charge is -2.34. The van der Waals surface area contributed by atoms with Crippen LogP contribution in [-0.2, 0) is 15.4 Å². The lowest BCUT2D eigenvalue weighted by molar-refractivity contribution is -0.178. The minimum atomic E-state index is -0.261. The van der Waals surface area contributed by atoms with E-state index in [1.165, 1.54) is 5.01 Å². The van der Waals surface area contributed by atoms with Gasteiger partial charge in [0.05, 0.1) is 24.1 Å².